The van der Waals surface area contributed by atoms with E-state index in [4.69, 9.17) is 0 Å². The van der Waals surface area contributed by atoms with Gasteiger partial charge >= 0.3 is 15.2 Å². The van der Waals surface area contributed by atoms with Gasteiger partial charge in [0.05, 0.1) is 27.2 Å². The van der Waals surface area contributed by atoms with Crippen LogP contribution in [0.4, 0.5) is 0 Å². The predicted molar refractivity (Wildman–Crippen MR) is 71.7 cm³/mol. The van der Waals surface area contributed by atoms with Gasteiger partial charge in [0.2, 0.25) is 0 Å². The maximum atomic E-state index is 11.5. The summed E-state index contributed by atoms with van der Waals surface area (Å²) in [5, 5.41) is 0. The molecule has 7 nitrogen and oxygen atoms in total. The standard InChI is InChI=1S/C10H23NO6P2/c1-10(18(12,13)14,19(15,16)17)8-9-4-6-11(2,3)7-5-9/h9H,4-8H2,1-3H3,(H3-,12,13,14,15,16,17)/p+1. The van der Waals surface area contributed by atoms with E-state index in [1.807, 2.05) is 0 Å². The number of piperidine rings is 1. The second-order valence-electron chi connectivity index (χ2n) is 6.34. The highest BCUT2D eigenvalue weighted by molar-refractivity contribution is 7.72. The minimum Gasteiger partial charge on any atom is -0.328 e. The van der Waals surface area contributed by atoms with Crippen LogP contribution < -0.4 is 0 Å². The fraction of sp³-hybridized carbons (Fsp3) is 1.00. The Balaban J connectivity index is 2.88. The zero-order valence-corrected chi connectivity index (χ0v) is 13.3. The van der Waals surface area contributed by atoms with E-state index in [0.29, 0.717) is 0 Å². The summed E-state index contributed by atoms with van der Waals surface area (Å²) in [5.41, 5.74) is 0. The van der Waals surface area contributed by atoms with Crippen molar-refractivity contribution in [1.29, 1.82) is 0 Å². The minimum atomic E-state index is -4.88. The molecule has 0 amide bonds. The summed E-state index contributed by atoms with van der Waals surface area (Å²) in [5.74, 6) is -0.0589. The molecule has 114 valence electrons. The molecule has 4 N–H and O–H groups in total. The van der Waals surface area contributed by atoms with Gasteiger partial charge in [0.1, 0.15) is 0 Å². The summed E-state index contributed by atoms with van der Waals surface area (Å²) in [6.45, 7) is 2.70. The molecular formula is C10H24NO6P2+. The van der Waals surface area contributed by atoms with Crippen LogP contribution in [0, 0.1) is 5.92 Å². The Morgan fingerprint density at radius 1 is 1.05 bits per heavy atom. The molecule has 0 unspecified atom stereocenters. The van der Waals surface area contributed by atoms with Crippen molar-refractivity contribution in [3.8, 4) is 0 Å². The highest BCUT2D eigenvalue weighted by atomic mass is 31.2. The lowest BCUT2D eigenvalue weighted by Gasteiger charge is -2.40. The summed E-state index contributed by atoms with van der Waals surface area (Å²) >= 11 is 0. The zero-order valence-electron chi connectivity index (χ0n) is 11.6. The average molecular weight is 316 g/mol. The Hall–Kier alpha value is 0.260. The van der Waals surface area contributed by atoms with Crippen molar-refractivity contribution in [3.05, 3.63) is 0 Å². The van der Waals surface area contributed by atoms with Gasteiger partial charge in [0.25, 0.3) is 0 Å². The van der Waals surface area contributed by atoms with Gasteiger partial charge in [-0.05, 0) is 32.1 Å². The third-order valence-corrected chi connectivity index (χ3v) is 8.65. The van der Waals surface area contributed by atoms with Crippen LogP contribution in [0.25, 0.3) is 0 Å². The molecule has 0 spiro atoms. The number of nitrogens with zero attached hydrogens (tertiary/aromatic N) is 1. The number of hydrogen-bond donors (Lipinski definition) is 4. The Kier molecular flexibility index (Phi) is 4.76. The van der Waals surface area contributed by atoms with E-state index in [2.05, 4.69) is 14.1 Å². The molecule has 0 aromatic carbocycles. The Morgan fingerprint density at radius 2 is 1.42 bits per heavy atom. The van der Waals surface area contributed by atoms with Crippen molar-refractivity contribution < 1.29 is 33.2 Å². The molecule has 0 aliphatic carbocycles. The Bertz CT molecular complexity index is 394. The van der Waals surface area contributed by atoms with E-state index in [0.717, 1.165) is 37.3 Å². The predicted octanol–water partition coefficient (Wildman–Crippen LogP) is 0.934. The first-order valence-electron chi connectivity index (χ1n) is 6.22. The lowest BCUT2D eigenvalue weighted by atomic mass is 9.91. The molecule has 1 fully saturated rings. The molecular weight excluding hydrogens is 292 g/mol. The van der Waals surface area contributed by atoms with Crippen LogP contribution in [0.15, 0.2) is 0 Å². The molecule has 1 rings (SSSR count). The molecule has 19 heavy (non-hydrogen) atoms. The fourth-order valence-electron chi connectivity index (χ4n) is 2.48. The first kappa shape index (κ1) is 17.3. The van der Waals surface area contributed by atoms with Gasteiger partial charge in [0.15, 0.2) is 4.90 Å². The first-order valence-corrected chi connectivity index (χ1v) is 9.44. The van der Waals surface area contributed by atoms with E-state index in [1.165, 1.54) is 0 Å². The molecule has 0 saturated carbocycles. The molecule has 1 aliphatic heterocycles. The fourth-order valence-corrected chi connectivity index (χ4v) is 4.83. The Labute approximate surface area is 113 Å². The summed E-state index contributed by atoms with van der Waals surface area (Å²) in [4.78, 5) is 35.0. The maximum absolute atomic E-state index is 11.5. The third kappa shape index (κ3) is 3.88. The zero-order chi connectivity index (χ0) is 15.1. The van der Waals surface area contributed by atoms with Crippen LogP contribution in [0.5, 0.6) is 0 Å². The molecule has 0 bridgehead atoms. The van der Waals surface area contributed by atoms with E-state index in [1.54, 1.807) is 0 Å². The highest BCUT2D eigenvalue weighted by Gasteiger charge is 2.57. The van der Waals surface area contributed by atoms with Gasteiger partial charge < -0.3 is 24.1 Å². The second-order valence-corrected chi connectivity index (χ2v) is 10.8. The van der Waals surface area contributed by atoms with Crippen molar-refractivity contribution >= 4 is 15.2 Å². The first-order chi connectivity index (χ1) is 8.29. The largest absolute Gasteiger partial charge is 0.343 e. The van der Waals surface area contributed by atoms with Gasteiger partial charge in [-0.25, -0.2) is 0 Å². The van der Waals surface area contributed by atoms with Crippen LogP contribution in [-0.4, -0.2) is 56.1 Å². The van der Waals surface area contributed by atoms with E-state index in [9.17, 15) is 28.7 Å². The van der Waals surface area contributed by atoms with Crippen molar-refractivity contribution in [1.82, 2.24) is 0 Å². The second kappa shape index (κ2) is 5.23. The number of likely N-dealkylation sites (tertiary alicyclic amines) is 1. The molecule has 1 saturated heterocycles. The highest BCUT2D eigenvalue weighted by Crippen LogP contribution is 2.71. The lowest BCUT2D eigenvalue weighted by Crippen LogP contribution is -2.47. The molecule has 0 atom stereocenters. The van der Waals surface area contributed by atoms with Crippen LogP contribution in [0.3, 0.4) is 0 Å². The topological polar surface area (TPSA) is 115 Å². The van der Waals surface area contributed by atoms with Crippen LogP contribution in [-0.2, 0) is 9.13 Å². The average Bonchev–Trinajstić information content (AvgIpc) is 2.17. The normalized spacial score (nSPS) is 22.5. The van der Waals surface area contributed by atoms with E-state index in [-0.39, 0.29) is 12.3 Å². The maximum Gasteiger partial charge on any atom is 0.343 e. The van der Waals surface area contributed by atoms with Crippen LogP contribution in [0.2, 0.25) is 0 Å². The van der Waals surface area contributed by atoms with Gasteiger partial charge in [-0.3, -0.25) is 9.13 Å². The molecule has 9 heteroatoms. The molecule has 1 aliphatic rings. The quantitative estimate of drug-likeness (QED) is 0.453. The van der Waals surface area contributed by atoms with Gasteiger partial charge in [-0.2, -0.15) is 0 Å². The number of quaternary nitrogens is 1. The van der Waals surface area contributed by atoms with E-state index < -0.39 is 20.1 Å². The van der Waals surface area contributed by atoms with Gasteiger partial charge in [-0.15, -0.1) is 0 Å². The summed E-state index contributed by atoms with van der Waals surface area (Å²) in [6.07, 6.45) is 1.31. The number of rotatable bonds is 4. The SMILES string of the molecule is CC(CC1CC[N+](C)(C)CC1)(P(=O)(O)O)P(=O)(O)O. The molecule has 0 aromatic rings. The number of hydrogen-bond acceptors (Lipinski definition) is 2. The molecule has 1 heterocycles. The van der Waals surface area contributed by atoms with Crippen molar-refractivity contribution in [2.24, 2.45) is 5.92 Å². The van der Waals surface area contributed by atoms with E-state index >= 15 is 0 Å². The van der Waals surface area contributed by atoms with Gasteiger partial charge in [-0.1, -0.05) is 0 Å². The Morgan fingerprint density at radius 3 is 1.74 bits per heavy atom. The lowest BCUT2D eigenvalue weighted by molar-refractivity contribution is -0.896. The smallest absolute Gasteiger partial charge is 0.328 e. The summed E-state index contributed by atoms with van der Waals surface area (Å²) in [6, 6.07) is 0. The monoisotopic (exact) mass is 316 g/mol. The third-order valence-electron chi connectivity index (χ3n) is 4.22. The molecule has 0 aromatic heterocycles. The van der Waals surface area contributed by atoms with Crippen molar-refractivity contribution in [2.45, 2.75) is 31.1 Å². The van der Waals surface area contributed by atoms with Crippen LogP contribution >= 0.6 is 15.2 Å². The minimum absolute atomic E-state index is 0.0589. The summed E-state index contributed by atoms with van der Waals surface area (Å²) in [7, 11) is -5.61. The van der Waals surface area contributed by atoms with Gasteiger partial charge in [0, 0.05) is 0 Å². The van der Waals surface area contributed by atoms with Crippen LogP contribution in [0.1, 0.15) is 26.2 Å². The summed E-state index contributed by atoms with van der Waals surface area (Å²) < 4.78 is 23.8. The van der Waals surface area contributed by atoms with Crippen molar-refractivity contribution in [3.63, 3.8) is 0 Å². The van der Waals surface area contributed by atoms with Crippen molar-refractivity contribution in [2.75, 3.05) is 27.2 Å². The molecule has 0 radical (unpaired) electrons.